The molecule has 0 aliphatic carbocycles. The van der Waals surface area contributed by atoms with Crippen molar-refractivity contribution in [3.05, 3.63) is 59.0 Å². The third kappa shape index (κ3) is 4.82. The first kappa shape index (κ1) is 20.6. The first-order valence-corrected chi connectivity index (χ1v) is 9.42. The molecule has 1 aromatic heterocycles. The third-order valence-electron chi connectivity index (χ3n) is 4.99. The normalized spacial score (nSPS) is 15.3. The summed E-state index contributed by atoms with van der Waals surface area (Å²) in [4.78, 5) is 18.0. The van der Waals surface area contributed by atoms with Crippen molar-refractivity contribution in [2.45, 2.75) is 26.4 Å². The number of nitrogens with zero attached hydrogens (tertiary/aromatic N) is 3. The van der Waals surface area contributed by atoms with Crippen molar-refractivity contribution >= 4 is 11.8 Å². The molecule has 0 saturated carbocycles. The van der Waals surface area contributed by atoms with E-state index in [9.17, 15) is 14.4 Å². The van der Waals surface area contributed by atoms with E-state index in [1.807, 2.05) is 11.8 Å². The van der Waals surface area contributed by atoms with Crippen LogP contribution in [0, 0.1) is 18.7 Å². The number of piperidine rings is 1. The SMILES string of the molecule is COC(=O)C1CCN(/C(=N\O)c2ccc(C)nc2OCc2ccccc2F)CC1. The number of methoxy groups -OCH3 is 1. The highest BCUT2D eigenvalue weighted by Crippen LogP contribution is 2.25. The highest BCUT2D eigenvalue weighted by molar-refractivity contribution is 6.00. The Hall–Kier alpha value is -3.16. The molecule has 0 radical (unpaired) electrons. The molecule has 1 saturated heterocycles. The largest absolute Gasteiger partial charge is 0.472 e. The predicted octanol–water partition coefficient (Wildman–Crippen LogP) is 3.13. The highest BCUT2D eigenvalue weighted by Gasteiger charge is 2.29. The fourth-order valence-electron chi connectivity index (χ4n) is 3.36. The number of hydrogen-bond acceptors (Lipinski definition) is 6. The Kier molecular flexibility index (Phi) is 6.64. The molecule has 2 aromatic rings. The lowest BCUT2D eigenvalue weighted by Gasteiger charge is -2.32. The molecule has 8 heteroatoms. The number of amidine groups is 1. The van der Waals surface area contributed by atoms with Crippen LogP contribution in [0.15, 0.2) is 41.6 Å². The van der Waals surface area contributed by atoms with Crippen molar-refractivity contribution in [2.75, 3.05) is 20.2 Å². The number of rotatable bonds is 5. The van der Waals surface area contributed by atoms with Gasteiger partial charge in [-0.2, -0.15) is 0 Å². The second-order valence-corrected chi connectivity index (χ2v) is 6.89. The van der Waals surface area contributed by atoms with E-state index < -0.39 is 0 Å². The molecule has 0 amide bonds. The minimum atomic E-state index is -0.359. The van der Waals surface area contributed by atoms with Crippen LogP contribution in [-0.4, -0.2) is 47.1 Å². The van der Waals surface area contributed by atoms with Gasteiger partial charge in [-0.1, -0.05) is 23.4 Å². The summed E-state index contributed by atoms with van der Waals surface area (Å²) in [6, 6.07) is 9.92. The summed E-state index contributed by atoms with van der Waals surface area (Å²) in [5.41, 5.74) is 1.63. The van der Waals surface area contributed by atoms with Gasteiger partial charge in [0.15, 0.2) is 5.84 Å². The lowest BCUT2D eigenvalue weighted by Crippen LogP contribution is -2.41. The van der Waals surface area contributed by atoms with Gasteiger partial charge < -0.3 is 19.6 Å². The molecule has 0 atom stereocenters. The van der Waals surface area contributed by atoms with E-state index in [0.717, 1.165) is 5.69 Å². The fourth-order valence-corrected chi connectivity index (χ4v) is 3.36. The average Bonchev–Trinajstić information content (AvgIpc) is 2.75. The Labute approximate surface area is 168 Å². The van der Waals surface area contributed by atoms with Gasteiger partial charge in [0.25, 0.3) is 0 Å². The number of likely N-dealkylation sites (tertiary alicyclic amines) is 1. The lowest BCUT2D eigenvalue weighted by atomic mass is 9.96. The van der Waals surface area contributed by atoms with Crippen LogP contribution in [0.2, 0.25) is 0 Å². The van der Waals surface area contributed by atoms with Gasteiger partial charge in [-0.25, -0.2) is 9.37 Å². The Bertz CT molecular complexity index is 895. The molecule has 0 spiro atoms. The van der Waals surface area contributed by atoms with E-state index in [4.69, 9.17) is 9.47 Å². The first-order valence-electron chi connectivity index (χ1n) is 9.42. The van der Waals surface area contributed by atoms with Gasteiger partial charge in [-0.3, -0.25) is 4.79 Å². The molecule has 1 fully saturated rings. The van der Waals surface area contributed by atoms with Gasteiger partial charge in [-0.05, 0) is 38.0 Å². The number of carbonyl (C=O) groups excluding carboxylic acids is 1. The van der Waals surface area contributed by atoms with Gasteiger partial charge in [0.1, 0.15) is 12.4 Å². The number of ether oxygens (including phenoxy) is 2. The van der Waals surface area contributed by atoms with Gasteiger partial charge in [0.2, 0.25) is 5.88 Å². The molecule has 3 rings (SSSR count). The number of pyridine rings is 1. The Morgan fingerprint density at radius 3 is 2.66 bits per heavy atom. The van der Waals surface area contributed by atoms with Crippen LogP contribution < -0.4 is 4.74 Å². The van der Waals surface area contributed by atoms with E-state index in [1.165, 1.54) is 13.2 Å². The number of aryl methyl sites for hydroxylation is 1. The number of benzene rings is 1. The molecule has 1 aromatic carbocycles. The maximum absolute atomic E-state index is 13.9. The van der Waals surface area contributed by atoms with E-state index >= 15 is 0 Å². The quantitative estimate of drug-likeness (QED) is 0.272. The van der Waals surface area contributed by atoms with E-state index in [-0.39, 0.29) is 30.2 Å². The van der Waals surface area contributed by atoms with Crippen LogP contribution in [0.25, 0.3) is 0 Å². The zero-order chi connectivity index (χ0) is 20.8. The summed E-state index contributed by atoms with van der Waals surface area (Å²) in [6.07, 6.45) is 1.19. The summed E-state index contributed by atoms with van der Waals surface area (Å²) >= 11 is 0. The van der Waals surface area contributed by atoms with Crippen LogP contribution in [0.3, 0.4) is 0 Å². The number of halogens is 1. The van der Waals surface area contributed by atoms with Crippen LogP contribution >= 0.6 is 0 Å². The number of aromatic nitrogens is 1. The van der Waals surface area contributed by atoms with Crippen molar-refractivity contribution in [1.29, 1.82) is 0 Å². The van der Waals surface area contributed by atoms with Crippen LogP contribution in [-0.2, 0) is 16.1 Å². The molecule has 29 heavy (non-hydrogen) atoms. The monoisotopic (exact) mass is 401 g/mol. The predicted molar refractivity (Wildman–Crippen MR) is 104 cm³/mol. The zero-order valence-electron chi connectivity index (χ0n) is 16.5. The third-order valence-corrected chi connectivity index (χ3v) is 4.99. The molecular formula is C21H24FN3O4. The fraction of sp³-hybridized carbons (Fsp3) is 0.381. The summed E-state index contributed by atoms with van der Waals surface area (Å²) in [6.45, 7) is 2.87. The van der Waals surface area contributed by atoms with Crippen molar-refractivity contribution in [3.63, 3.8) is 0 Å². The average molecular weight is 401 g/mol. The molecular weight excluding hydrogens is 377 g/mol. The molecule has 154 valence electrons. The summed E-state index contributed by atoms with van der Waals surface area (Å²) < 4.78 is 24.5. The Morgan fingerprint density at radius 1 is 1.28 bits per heavy atom. The minimum Gasteiger partial charge on any atom is -0.472 e. The van der Waals surface area contributed by atoms with Gasteiger partial charge in [-0.15, -0.1) is 0 Å². The maximum Gasteiger partial charge on any atom is 0.308 e. The molecule has 7 nitrogen and oxygen atoms in total. The zero-order valence-corrected chi connectivity index (χ0v) is 16.5. The molecule has 1 aliphatic rings. The van der Waals surface area contributed by atoms with Crippen molar-refractivity contribution in [3.8, 4) is 5.88 Å². The van der Waals surface area contributed by atoms with Crippen LogP contribution in [0.4, 0.5) is 4.39 Å². The van der Waals surface area contributed by atoms with Gasteiger partial charge >= 0.3 is 5.97 Å². The van der Waals surface area contributed by atoms with Gasteiger partial charge in [0.05, 0.1) is 18.6 Å². The second kappa shape index (κ2) is 9.36. The van der Waals surface area contributed by atoms with E-state index in [2.05, 4.69) is 10.1 Å². The summed E-state index contributed by atoms with van der Waals surface area (Å²) in [7, 11) is 1.38. The van der Waals surface area contributed by atoms with Crippen molar-refractivity contribution in [2.24, 2.45) is 11.1 Å². The van der Waals surface area contributed by atoms with Crippen LogP contribution in [0.5, 0.6) is 5.88 Å². The molecule has 1 aliphatic heterocycles. The topological polar surface area (TPSA) is 84.2 Å². The number of carbonyl (C=O) groups is 1. The Balaban J connectivity index is 1.78. The van der Waals surface area contributed by atoms with E-state index in [0.29, 0.717) is 42.9 Å². The van der Waals surface area contributed by atoms with Gasteiger partial charge in [0, 0.05) is 24.3 Å². The summed E-state index contributed by atoms with van der Waals surface area (Å²) in [5, 5.41) is 13.2. The number of esters is 1. The van der Waals surface area contributed by atoms with E-state index in [1.54, 1.807) is 30.3 Å². The highest BCUT2D eigenvalue weighted by atomic mass is 19.1. The summed E-state index contributed by atoms with van der Waals surface area (Å²) in [5.74, 6) is -0.176. The molecule has 2 heterocycles. The first-order chi connectivity index (χ1) is 14.0. The Morgan fingerprint density at radius 2 is 2.00 bits per heavy atom. The number of oxime groups is 1. The maximum atomic E-state index is 13.9. The molecule has 0 unspecified atom stereocenters. The van der Waals surface area contributed by atoms with Crippen molar-refractivity contribution < 1.29 is 23.9 Å². The van der Waals surface area contributed by atoms with Crippen molar-refractivity contribution in [1.82, 2.24) is 9.88 Å². The second-order valence-electron chi connectivity index (χ2n) is 6.89. The number of hydrogen-bond donors (Lipinski definition) is 1. The smallest absolute Gasteiger partial charge is 0.308 e. The standard InChI is InChI=1S/C21H24FN3O4/c1-14-7-8-17(20(23-14)29-13-16-5-3-4-6-18(16)22)19(24-27)25-11-9-15(10-12-25)21(26)28-2/h3-8,15,27H,9-13H2,1-2H3/b24-19-. The minimum absolute atomic E-state index is 0.000744. The lowest BCUT2D eigenvalue weighted by molar-refractivity contribution is -0.146. The molecule has 1 N–H and O–H groups in total. The molecule has 0 bridgehead atoms. The van der Waals surface area contributed by atoms with Crippen LogP contribution in [0.1, 0.15) is 29.7 Å².